The molecule has 0 radical (unpaired) electrons. The van der Waals surface area contributed by atoms with Crippen LogP contribution in [0.15, 0.2) is 39.2 Å². The molecular formula is C39H64N6O12S3. The third-order valence-electron chi connectivity index (χ3n) is 10.8. The third kappa shape index (κ3) is 11.2. The van der Waals surface area contributed by atoms with Crippen LogP contribution in [0.3, 0.4) is 0 Å². The number of amidine groups is 3. The summed E-state index contributed by atoms with van der Waals surface area (Å²) in [5.74, 6) is 0.871. The molecule has 6 aliphatic heterocycles. The number of nitrogens with zero attached hydrogens (tertiary/aromatic N) is 6. The van der Waals surface area contributed by atoms with Crippen molar-refractivity contribution in [2.45, 2.75) is 136 Å². The molecule has 340 valence electrons. The fourth-order valence-electron chi connectivity index (χ4n) is 7.42. The number of aliphatic hydroxyl groups excluding tert-OH is 7. The number of rotatable bonds is 7. The van der Waals surface area contributed by atoms with Crippen LogP contribution in [0.25, 0.3) is 0 Å². The minimum Gasteiger partial charge on any atom is -0.497 e. The Hall–Kier alpha value is -1.96. The summed E-state index contributed by atoms with van der Waals surface area (Å²) < 4.78 is 28.9. The molecule has 18 atom stereocenters. The summed E-state index contributed by atoms with van der Waals surface area (Å²) in [7, 11) is 13.0. The Kier molecular flexibility index (Phi) is 17.3. The van der Waals surface area contributed by atoms with Gasteiger partial charge in [0.05, 0.1) is 44.2 Å². The summed E-state index contributed by atoms with van der Waals surface area (Å²) in [5, 5.41) is 71.3. The van der Waals surface area contributed by atoms with Gasteiger partial charge in [0, 0.05) is 48.2 Å². The summed E-state index contributed by atoms with van der Waals surface area (Å²) in [6.45, 7) is 7.41. The first kappa shape index (κ1) is 49.1. The SMILES string of the molecule is COc1ccc(CO[C@H]2[C@H](C)[C@@H](C(C)O)O[C@@H]3SC(N(C)C)=N[C@H]23)cc1.C[C@@H](O)[C@H]1O[C@@H]2SC(N(C)C)=N[C@@H]2[C@@H](O)[C@@H]1O.C[C@H](O)[C@H]1O[C@@H]2SC(N(C)C)=N[C@@H]2[C@@H](O)[C@@H]1O. The van der Waals surface area contributed by atoms with Crippen LogP contribution in [0, 0.1) is 5.92 Å². The quantitative estimate of drug-likeness (QED) is 0.192. The molecular weight excluding hydrogens is 841 g/mol. The van der Waals surface area contributed by atoms with Gasteiger partial charge in [-0.15, -0.1) is 0 Å². The van der Waals surface area contributed by atoms with Crippen molar-refractivity contribution in [3.05, 3.63) is 29.8 Å². The number of hydrogen-bond donors (Lipinski definition) is 7. The first-order chi connectivity index (χ1) is 28.2. The van der Waals surface area contributed by atoms with E-state index in [-0.39, 0.29) is 40.5 Å². The Morgan fingerprint density at radius 3 is 1.33 bits per heavy atom. The van der Waals surface area contributed by atoms with E-state index in [0.29, 0.717) is 6.61 Å². The van der Waals surface area contributed by atoms with Crippen molar-refractivity contribution < 1.29 is 59.4 Å². The van der Waals surface area contributed by atoms with E-state index in [1.165, 1.54) is 37.4 Å². The van der Waals surface area contributed by atoms with E-state index in [9.17, 15) is 35.7 Å². The summed E-state index contributed by atoms with van der Waals surface area (Å²) >= 11 is 4.40. The zero-order valence-electron chi connectivity index (χ0n) is 36.0. The van der Waals surface area contributed by atoms with Gasteiger partial charge in [0.15, 0.2) is 15.5 Å². The Morgan fingerprint density at radius 1 is 0.600 bits per heavy atom. The summed E-state index contributed by atoms with van der Waals surface area (Å²) in [4.78, 5) is 19.1. The molecule has 0 aliphatic carbocycles. The highest BCUT2D eigenvalue weighted by Gasteiger charge is 2.52. The molecule has 0 aromatic heterocycles. The molecule has 21 heteroatoms. The predicted octanol–water partition coefficient (Wildman–Crippen LogP) is 0.0490. The number of benzene rings is 1. The molecule has 0 saturated carbocycles. The number of aliphatic imine (C=N–C) groups is 3. The van der Waals surface area contributed by atoms with Crippen LogP contribution in [0.5, 0.6) is 5.75 Å². The molecule has 6 aliphatic rings. The average Bonchev–Trinajstić information content (AvgIpc) is 3.95. The molecule has 1 aromatic rings. The van der Waals surface area contributed by atoms with Crippen molar-refractivity contribution in [2.24, 2.45) is 20.9 Å². The Balaban J connectivity index is 0.000000177. The largest absolute Gasteiger partial charge is 0.497 e. The second-order valence-electron chi connectivity index (χ2n) is 16.3. The van der Waals surface area contributed by atoms with Gasteiger partial charge in [-0.1, -0.05) is 54.3 Å². The van der Waals surface area contributed by atoms with Crippen molar-refractivity contribution in [1.29, 1.82) is 0 Å². The number of methoxy groups -OCH3 is 1. The van der Waals surface area contributed by atoms with Gasteiger partial charge in [0.2, 0.25) is 0 Å². The summed E-state index contributed by atoms with van der Waals surface area (Å²) in [6, 6.07) is 6.86. The smallest absolute Gasteiger partial charge is 0.161 e. The fourth-order valence-corrected chi connectivity index (χ4v) is 10.9. The van der Waals surface area contributed by atoms with Crippen LogP contribution in [0.1, 0.15) is 33.3 Å². The molecule has 0 bridgehead atoms. The van der Waals surface area contributed by atoms with E-state index in [1.807, 2.05) is 81.3 Å². The van der Waals surface area contributed by atoms with Gasteiger partial charge in [0.1, 0.15) is 76.8 Å². The normalized spacial score (nSPS) is 38.2. The molecule has 7 N–H and O–H groups in total. The Labute approximate surface area is 365 Å². The highest BCUT2D eigenvalue weighted by Crippen LogP contribution is 2.42. The molecule has 0 spiro atoms. The van der Waals surface area contributed by atoms with Gasteiger partial charge in [-0.25, -0.2) is 0 Å². The predicted molar refractivity (Wildman–Crippen MR) is 233 cm³/mol. The molecule has 1 unspecified atom stereocenters. The van der Waals surface area contributed by atoms with Gasteiger partial charge in [0.25, 0.3) is 0 Å². The van der Waals surface area contributed by atoms with Crippen molar-refractivity contribution in [2.75, 3.05) is 49.4 Å². The van der Waals surface area contributed by atoms with Gasteiger partial charge < -0.3 is 74.1 Å². The zero-order chi connectivity index (χ0) is 44.3. The second kappa shape index (κ2) is 21.1. The molecule has 3 fully saturated rings. The van der Waals surface area contributed by atoms with Crippen molar-refractivity contribution in [3.8, 4) is 5.75 Å². The molecule has 6 heterocycles. The molecule has 7 rings (SSSR count). The Morgan fingerprint density at radius 2 is 0.967 bits per heavy atom. The molecule has 1 aromatic carbocycles. The highest BCUT2D eigenvalue weighted by atomic mass is 32.2. The molecule has 3 saturated heterocycles. The van der Waals surface area contributed by atoms with Crippen molar-refractivity contribution in [3.63, 3.8) is 0 Å². The van der Waals surface area contributed by atoms with Crippen LogP contribution in [-0.4, -0.2) is 217 Å². The molecule has 18 nitrogen and oxygen atoms in total. The minimum atomic E-state index is -1.11. The average molecular weight is 905 g/mol. The van der Waals surface area contributed by atoms with Crippen molar-refractivity contribution in [1.82, 2.24) is 14.7 Å². The van der Waals surface area contributed by atoms with Crippen LogP contribution in [0.4, 0.5) is 0 Å². The van der Waals surface area contributed by atoms with E-state index in [2.05, 4.69) is 16.9 Å². The number of hydrogen-bond acceptors (Lipinski definition) is 21. The Bertz CT molecular complexity index is 1580. The lowest BCUT2D eigenvalue weighted by atomic mass is 9.87. The minimum absolute atomic E-state index is 0.0420. The zero-order valence-corrected chi connectivity index (χ0v) is 38.4. The first-order valence-electron chi connectivity index (χ1n) is 20.0. The van der Waals surface area contributed by atoms with E-state index < -0.39 is 67.0 Å². The first-order valence-corrected chi connectivity index (χ1v) is 22.6. The number of fused-ring (bicyclic) bond motifs is 3. The molecule has 0 amide bonds. The van der Waals surface area contributed by atoms with Crippen LogP contribution in [-0.2, 0) is 25.6 Å². The lowest BCUT2D eigenvalue weighted by molar-refractivity contribution is -0.181. The molecule has 60 heavy (non-hydrogen) atoms. The van der Waals surface area contributed by atoms with Crippen LogP contribution >= 0.6 is 35.3 Å². The van der Waals surface area contributed by atoms with E-state index in [0.717, 1.165) is 26.8 Å². The monoisotopic (exact) mass is 904 g/mol. The summed E-state index contributed by atoms with van der Waals surface area (Å²) in [5.41, 5.74) is 0.275. The van der Waals surface area contributed by atoms with E-state index >= 15 is 0 Å². The maximum Gasteiger partial charge on any atom is 0.161 e. The maximum atomic E-state index is 10.2. The maximum absolute atomic E-state index is 10.2. The standard InChI is InChI=1S/C19H28N2O4S.2C10H18N2O4S/c1-11-16(12(2)22)25-18-15(20-19(26-18)21(3)4)17(11)24-10-13-6-8-14(23-5)9-7-13;2*1-4(13)8-7(15)6(14)5-9(16-8)17-10(11-5)12(2)3/h6-9,11-12,15-18,22H,10H2,1-5H3;2*4-9,13-15H,1-3H3/t11-,12?,15-,16+,17+,18-;4-,5+,6+,7-,8+,9+;4-,5-,6-,7+,8-,9-/m101/s1. The van der Waals surface area contributed by atoms with Gasteiger partial charge in [-0.05, 0) is 38.5 Å². The van der Waals surface area contributed by atoms with Crippen molar-refractivity contribution >= 4 is 50.8 Å². The number of ether oxygens (including phenoxy) is 5. The summed E-state index contributed by atoms with van der Waals surface area (Å²) in [6.07, 6.45) is -8.34. The van der Waals surface area contributed by atoms with Gasteiger partial charge in [-0.3, -0.25) is 15.0 Å². The topological polar surface area (TPSA) is 235 Å². The van der Waals surface area contributed by atoms with Gasteiger partial charge >= 0.3 is 0 Å². The highest BCUT2D eigenvalue weighted by molar-refractivity contribution is 8.15. The lowest BCUT2D eigenvalue weighted by Gasteiger charge is -2.42. The van der Waals surface area contributed by atoms with E-state index in [1.54, 1.807) is 25.8 Å². The lowest BCUT2D eigenvalue weighted by Crippen LogP contribution is -2.57. The number of thioether (sulfide) groups is 3. The second-order valence-corrected chi connectivity index (χ2v) is 19.5. The van der Waals surface area contributed by atoms with E-state index in [4.69, 9.17) is 28.7 Å². The number of aliphatic hydroxyl groups is 7. The van der Waals surface area contributed by atoms with Crippen LogP contribution in [0.2, 0.25) is 0 Å². The third-order valence-corrected chi connectivity index (χ3v) is 14.7. The fraction of sp³-hybridized carbons (Fsp3) is 0.769. The van der Waals surface area contributed by atoms with Crippen LogP contribution < -0.4 is 4.74 Å². The van der Waals surface area contributed by atoms with Gasteiger partial charge in [-0.2, -0.15) is 0 Å².